The Kier molecular flexibility index (Phi) is 6.80. The molecule has 0 heterocycles. The Hall–Kier alpha value is -1.44. The lowest BCUT2D eigenvalue weighted by Crippen LogP contribution is -2.29. The molecule has 0 saturated carbocycles. The predicted molar refractivity (Wildman–Crippen MR) is 89.1 cm³/mol. The molecule has 0 radical (unpaired) electrons. The Balaban J connectivity index is 2.70. The average Bonchev–Trinajstić information content (AvgIpc) is 2.43. The van der Waals surface area contributed by atoms with Gasteiger partial charge in [0.25, 0.3) is 0 Å². The summed E-state index contributed by atoms with van der Waals surface area (Å²) in [5, 5.41) is 8.79. The van der Waals surface area contributed by atoms with Crippen LogP contribution < -0.4 is 0 Å². The zero-order chi connectivity index (χ0) is 15.9. The molecule has 0 saturated heterocycles. The number of hydrogen-bond donors (Lipinski definition) is 1. The summed E-state index contributed by atoms with van der Waals surface area (Å²) in [6, 6.07) is 7.70. The second-order valence-corrected chi connectivity index (χ2v) is 7.57. The van der Waals surface area contributed by atoms with Crippen molar-refractivity contribution in [2.45, 2.75) is 32.1 Å². The Morgan fingerprint density at radius 2 is 2.00 bits per heavy atom. The number of benzene rings is 1. The summed E-state index contributed by atoms with van der Waals surface area (Å²) in [4.78, 5) is 13.9. The van der Waals surface area contributed by atoms with Gasteiger partial charge in [-0.15, -0.1) is 11.8 Å². The number of hydrogen-bond acceptors (Lipinski definition) is 3. The Labute approximate surface area is 131 Å². The zero-order valence-corrected chi connectivity index (χ0v) is 14.0. The van der Waals surface area contributed by atoms with Gasteiger partial charge in [-0.1, -0.05) is 50.8 Å². The molecule has 0 aliphatic carbocycles. The van der Waals surface area contributed by atoms with Gasteiger partial charge in [0.05, 0.1) is 5.75 Å². The highest BCUT2D eigenvalue weighted by Crippen LogP contribution is 2.23. The molecule has 0 fully saturated rings. The molecular formula is C17H23NO2S. The molecule has 0 bridgehead atoms. The van der Waals surface area contributed by atoms with Gasteiger partial charge in [-0.05, 0) is 11.6 Å². The van der Waals surface area contributed by atoms with Crippen molar-refractivity contribution in [2.24, 2.45) is 0 Å². The van der Waals surface area contributed by atoms with Crippen LogP contribution >= 0.6 is 11.8 Å². The van der Waals surface area contributed by atoms with Crippen LogP contribution in [-0.4, -0.2) is 40.1 Å². The quantitative estimate of drug-likeness (QED) is 0.869. The number of rotatable bonds is 4. The van der Waals surface area contributed by atoms with Crippen molar-refractivity contribution >= 4 is 17.7 Å². The third-order valence-corrected chi connectivity index (χ3v) is 4.04. The van der Waals surface area contributed by atoms with Crippen molar-refractivity contribution in [1.82, 2.24) is 4.90 Å². The monoisotopic (exact) mass is 305 g/mol. The van der Waals surface area contributed by atoms with Gasteiger partial charge >= 0.3 is 0 Å². The van der Waals surface area contributed by atoms with Crippen LogP contribution in [0.25, 0.3) is 0 Å². The molecule has 1 aromatic rings. The smallest absolute Gasteiger partial charge is 0.232 e. The first kappa shape index (κ1) is 17.6. The lowest BCUT2D eigenvalue weighted by molar-refractivity contribution is -0.127. The lowest BCUT2D eigenvalue weighted by Gasteiger charge is -2.21. The van der Waals surface area contributed by atoms with Crippen LogP contribution in [0.4, 0.5) is 0 Å². The van der Waals surface area contributed by atoms with E-state index in [0.717, 1.165) is 11.1 Å². The fraction of sp³-hybridized carbons (Fsp3) is 0.471. The summed E-state index contributed by atoms with van der Waals surface area (Å²) >= 11 is 1.65. The molecule has 1 amide bonds. The van der Waals surface area contributed by atoms with Crippen LogP contribution in [0, 0.1) is 11.8 Å². The van der Waals surface area contributed by atoms with E-state index in [1.54, 1.807) is 16.7 Å². The summed E-state index contributed by atoms with van der Waals surface area (Å²) in [6.45, 7) is 6.67. The van der Waals surface area contributed by atoms with Crippen molar-refractivity contribution < 1.29 is 9.90 Å². The number of carbonyl (C=O) groups is 1. The normalized spacial score (nSPS) is 10.7. The first-order chi connectivity index (χ1) is 9.83. The summed E-state index contributed by atoms with van der Waals surface area (Å²) in [5.74, 6) is 6.16. The molecule has 0 atom stereocenters. The minimum atomic E-state index is -0.161. The first-order valence-corrected chi connectivity index (χ1v) is 7.87. The fourth-order valence-corrected chi connectivity index (χ4v) is 2.42. The van der Waals surface area contributed by atoms with Crippen molar-refractivity contribution in [2.75, 3.05) is 19.4 Å². The molecule has 0 unspecified atom stereocenters. The number of thioether (sulfide) groups is 1. The minimum Gasteiger partial charge on any atom is -0.384 e. The topological polar surface area (TPSA) is 40.5 Å². The molecule has 4 heteroatoms. The van der Waals surface area contributed by atoms with Gasteiger partial charge in [-0.25, -0.2) is 0 Å². The summed E-state index contributed by atoms with van der Waals surface area (Å²) < 4.78 is 0.0843. The maximum absolute atomic E-state index is 12.1. The van der Waals surface area contributed by atoms with Gasteiger partial charge in [0, 0.05) is 23.9 Å². The lowest BCUT2D eigenvalue weighted by atomic mass is 10.1. The maximum atomic E-state index is 12.1. The third-order valence-electron chi connectivity index (χ3n) is 2.78. The van der Waals surface area contributed by atoms with Gasteiger partial charge in [0.2, 0.25) is 5.91 Å². The molecule has 0 aliphatic rings. The first-order valence-electron chi connectivity index (χ1n) is 6.89. The molecule has 114 valence electrons. The van der Waals surface area contributed by atoms with Crippen LogP contribution in [0.15, 0.2) is 24.3 Å². The molecular weight excluding hydrogens is 282 g/mol. The standard InChI is InChI=1S/C17H23NO2S/c1-17(2,3)21-13-16(20)18(4)12-15-9-6-5-8-14(15)10-7-11-19/h5-6,8-9,19H,11-13H2,1-4H3. The highest BCUT2D eigenvalue weighted by atomic mass is 32.2. The van der Waals surface area contributed by atoms with Crippen LogP contribution in [-0.2, 0) is 11.3 Å². The van der Waals surface area contributed by atoms with E-state index in [0.29, 0.717) is 12.3 Å². The van der Waals surface area contributed by atoms with E-state index in [2.05, 4.69) is 32.6 Å². The van der Waals surface area contributed by atoms with E-state index in [9.17, 15) is 4.79 Å². The van der Waals surface area contributed by atoms with E-state index in [-0.39, 0.29) is 17.3 Å². The highest BCUT2D eigenvalue weighted by Gasteiger charge is 2.16. The largest absolute Gasteiger partial charge is 0.384 e. The second-order valence-electron chi connectivity index (χ2n) is 5.77. The van der Waals surface area contributed by atoms with Crippen molar-refractivity contribution in [3.63, 3.8) is 0 Å². The average molecular weight is 305 g/mol. The second kappa shape index (κ2) is 8.11. The van der Waals surface area contributed by atoms with E-state index in [4.69, 9.17) is 5.11 Å². The van der Waals surface area contributed by atoms with E-state index in [1.165, 1.54) is 0 Å². The molecule has 0 spiro atoms. The van der Waals surface area contributed by atoms with Crippen molar-refractivity contribution in [3.05, 3.63) is 35.4 Å². The number of aliphatic hydroxyl groups is 1. The van der Waals surface area contributed by atoms with Crippen LogP contribution in [0.2, 0.25) is 0 Å². The molecule has 21 heavy (non-hydrogen) atoms. The number of aliphatic hydroxyl groups excluding tert-OH is 1. The predicted octanol–water partition coefficient (Wildman–Crippen LogP) is 2.52. The summed E-state index contributed by atoms with van der Waals surface area (Å²) in [6.07, 6.45) is 0. The Morgan fingerprint density at radius 1 is 1.33 bits per heavy atom. The molecule has 0 aliphatic heterocycles. The number of nitrogens with zero attached hydrogens (tertiary/aromatic N) is 1. The van der Waals surface area contributed by atoms with Crippen LogP contribution in [0.5, 0.6) is 0 Å². The molecule has 0 aromatic heterocycles. The van der Waals surface area contributed by atoms with Gasteiger partial charge in [-0.2, -0.15) is 0 Å². The molecule has 3 nitrogen and oxygen atoms in total. The Bertz CT molecular complexity index is 538. The SMILES string of the molecule is CN(Cc1ccccc1C#CCO)C(=O)CSC(C)(C)C. The number of amides is 1. The minimum absolute atomic E-state index is 0.0843. The van der Waals surface area contributed by atoms with Gasteiger partial charge in [0.15, 0.2) is 0 Å². The van der Waals surface area contributed by atoms with Gasteiger partial charge in [-0.3, -0.25) is 4.79 Å². The van der Waals surface area contributed by atoms with Crippen molar-refractivity contribution in [3.8, 4) is 11.8 Å². The van der Waals surface area contributed by atoms with Gasteiger partial charge in [0.1, 0.15) is 6.61 Å². The number of carbonyl (C=O) groups excluding carboxylic acids is 1. The third kappa shape index (κ3) is 6.70. The summed E-state index contributed by atoms with van der Waals surface area (Å²) in [5.41, 5.74) is 1.85. The van der Waals surface area contributed by atoms with Gasteiger partial charge < -0.3 is 10.0 Å². The van der Waals surface area contributed by atoms with Crippen LogP contribution in [0.3, 0.4) is 0 Å². The maximum Gasteiger partial charge on any atom is 0.232 e. The summed E-state index contributed by atoms with van der Waals surface area (Å²) in [7, 11) is 1.81. The van der Waals surface area contributed by atoms with Crippen molar-refractivity contribution in [1.29, 1.82) is 0 Å². The van der Waals surface area contributed by atoms with E-state index >= 15 is 0 Å². The Morgan fingerprint density at radius 3 is 2.62 bits per heavy atom. The van der Waals surface area contributed by atoms with E-state index < -0.39 is 0 Å². The molecule has 1 aromatic carbocycles. The van der Waals surface area contributed by atoms with Crippen LogP contribution in [0.1, 0.15) is 31.9 Å². The highest BCUT2D eigenvalue weighted by molar-refractivity contribution is 8.01. The zero-order valence-electron chi connectivity index (χ0n) is 13.1. The molecule has 1 rings (SSSR count). The van der Waals surface area contributed by atoms with E-state index in [1.807, 2.05) is 31.3 Å². The molecule has 1 N–H and O–H groups in total. The fourth-order valence-electron chi connectivity index (χ4n) is 1.65.